The van der Waals surface area contributed by atoms with Gasteiger partial charge in [-0.1, -0.05) is 26.3 Å². The molecule has 2 saturated carbocycles. The molecule has 3 nitrogen and oxygen atoms in total. The van der Waals surface area contributed by atoms with Crippen molar-refractivity contribution >= 4 is 19.9 Å². The molecule has 4 heteroatoms. The molecule has 3 aliphatic carbocycles. The first-order valence-corrected chi connectivity index (χ1v) is 11.4. The summed E-state index contributed by atoms with van der Waals surface area (Å²) in [6.45, 7) is 8.61. The molecule has 0 bridgehead atoms. The van der Waals surface area contributed by atoms with Crippen molar-refractivity contribution in [1.82, 2.24) is 0 Å². The lowest BCUT2D eigenvalue weighted by Crippen LogP contribution is -2.50. The Morgan fingerprint density at radius 2 is 1.73 bits per heavy atom. The molecule has 0 unspecified atom stereocenters. The molecular formula is C18H28O3Si. The van der Waals surface area contributed by atoms with E-state index in [4.69, 9.17) is 4.43 Å². The number of fused-ring (bicyclic) bond motifs is 1. The minimum absolute atomic E-state index is 0.0442. The molecule has 0 amide bonds. The monoisotopic (exact) mass is 320 g/mol. The van der Waals surface area contributed by atoms with Crippen LogP contribution >= 0.6 is 0 Å². The van der Waals surface area contributed by atoms with E-state index in [2.05, 4.69) is 20.8 Å². The lowest BCUT2D eigenvalue weighted by atomic mass is 9.73. The zero-order valence-electron chi connectivity index (χ0n) is 14.3. The van der Waals surface area contributed by atoms with Crippen LogP contribution in [0.1, 0.15) is 53.4 Å². The van der Waals surface area contributed by atoms with Crippen LogP contribution in [0.25, 0.3) is 0 Å². The second-order valence-corrected chi connectivity index (χ2v) is 12.1. The summed E-state index contributed by atoms with van der Waals surface area (Å²) in [5.74, 6) is 0.607. The fraction of sp³-hybridized carbons (Fsp3) is 0.778. The molecule has 2 atom stereocenters. The number of Topliss-reactive ketones (excluding diaryl/α,β-unsaturated/α-hetero) is 2. The van der Waals surface area contributed by atoms with Crippen molar-refractivity contribution < 1.29 is 14.0 Å². The molecule has 3 rings (SSSR count). The summed E-state index contributed by atoms with van der Waals surface area (Å²) in [6, 6.07) is 3.15. The molecule has 0 aromatic carbocycles. The van der Waals surface area contributed by atoms with Gasteiger partial charge in [0.25, 0.3) is 0 Å². The van der Waals surface area contributed by atoms with Crippen molar-refractivity contribution in [2.24, 2.45) is 11.3 Å². The van der Waals surface area contributed by atoms with E-state index in [0.29, 0.717) is 12.2 Å². The van der Waals surface area contributed by atoms with Crippen LogP contribution < -0.4 is 0 Å². The third-order valence-corrected chi connectivity index (χ3v) is 11.3. The fourth-order valence-corrected chi connectivity index (χ4v) is 7.42. The smallest absolute Gasteiger partial charge is 0.193 e. The molecular weight excluding hydrogens is 292 g/mol. The van der Waals surface area contributed by atoms with Crippen LogP contribution in [0.3, 0.4) is 0 Å². The van der Waals surface area contributed by atoms with Gasteiger partial charge < -0.3 is 4.43 Å². The van der Waals surface area contributed by atoms with Gasteiger partial charge in [-0.15, -0.1) is 0 Å². The molecule has 1 spiro atoms. The van der Waals surface area contributed by atoms with E-state index in [1.165, 1.54) is 0 Å². The van der Waals surface area contributed by atoms with Gasteiger partial charge in [-0.05, 0) is 44.3 Å². The maximum absolute atomic E-state index is 13.1. The highest BCUT2D eigenvalue weighted by Crippen LogP contribution is 2.60. The van der Waals surface area contributed by atoms with Gasteiger partial charge in [0.15, 0.2) is 19.9 Å². The Kier molecular flexibility index (Phi) is 3.97. The van der Waals surface area contributed by atoms with E-state index in [-0.39, 0.29) is 23.2 Å². The molecule has 122 valence electrons. The number of carbonyl (C=O) groups is 2. The Bertz CT molecular complexity index is 532. The second kappa shape index (κ2) is 5.41. The third-order valence-electron chi connectivity index (χ3n) is 6.63. The Labute approximate surface area is 134 Å². The molecule has 0 radical (unpaired) electrons. The van der Waals surface area contributed by atoms with Crippen molar-refractivity contribution in [1.29, 1.82) is 0 Å². The highest BCUT2D eigenvalue weighted by atomic mass is 28.4. The number of carbonyl (C=O) groups excluding carboxylic acids is 2. The Balaban J connectivity index is 1.99. The Morgan fingerprint density at radius 3 is 2.23 bits per heavy atom. The molecule has 0 aromatic rings. The van der Waals surface area contributed by atoms with Crippen LogP contribution in [0.4, 0.5) is 0 Å². The van der Waals surface area contributed by atoms with Crippen molar-refractivity contribution in [3.63, 3.8) is 0 Å². The highest BCUT2D eigenvalue weighted by molar-refractivity contribution is 6.73. The summed E-state index contributed by atoms with van der Waals surface area (Å²) < 4.78 is 6.63. The summed E-state index contributed by atoms with van der Waals surface area (Å²) in [4.78, 5) is 25.5. The lowest BCUT2D eigenvalue weighted by molar-refractivity contribution is -0.133. The average Bonchev–Trinajstić information content (AvgIpc) is 3.25. The quantitative estimate of drug-likeness (QED) is 0.718. The number of hydrogen-bond donors (Lipinski definition) is 0. The van der Waals surface area contributed by atoms with Crippen LogP contribution in [-0.4, -0.2) is 26.0 Å². The first-order valence-electron chi connectivity index (χ1n) is 8.91. The van der Waals surface area contributed by atoms with Crippen molar-refractivity contribution in [3.05, 3.63) is 11.1 Å². The van der Waals surface area contributed by atoms with Gasteiger partial charge in [-0.3, -0.25) is 9.59 Å². The fourth-order valence-electron chi connectivity index (χ4n) is 4.61. The summed E-state index contributed by atoms with van der Waals surface area (Å²) in [5.41, 5.74) is 1.72. The van der Waals surface area contributed by atoms with Crippen molar-refractivity contribution in [2.75, 3.05) is 0 Å². The average molecular weight is 321 g/mol. The Hall–Kier alpha value is -0.743. The summed E-state index contributed by atoms with van der Waals surface area (Å²) in [5, 5.41) is 0. The molecule has 0 N–H and O–H groups in total. The van der Waals surface area contributed by atoms with E-state index in [1.807, 2.05) is 6.92 Å². The topological polar surface area (TPSA) is 43.4 Å². The van der Waals surface area contributed by atoms with Gasteiger partial charge in [0, 0.05) is 17.9 Å². The standard InChI is InChI=1S/C18H28O3Si/c1-5-22(6-2,7-3)21-16-13-8-9-14(19)15(13)12(4)18(10-11-18)17(16)20/h13,16H,5-11H2,1-4H3/t13-,16-/m0/s1. The van der Waals surface area contributed by atoms with Gasteiger partial charge in [0.05, 0.1) is 5.41 Å². The zero-order chi connectivity index (χ0) is 16.1. The van der Waals surface area contributed by atoms with E-state index in [9.17, 15) is 9.59 Å². The molecule has 3 aliphatic rings. The normalized spacial score (nSPS) is 30.2. The van der Waals surface area contributed by atoms with Crippen LogP contribution in [-0.2, 0) is 14.0 Å². The number of rotatable bonds is 5. The van der Waals surface area contributed by atoms with E-state index in [0.717, 1.165) is 48.5 Å². The summed E-state index contributed by atoms with van der Waals surface area (Å²) in [6.07, 6.45) is 2.90. The van der Waals surface area contributed by atoms with Crippen LogP contribution in [0.5, 0.6) is 0 Å². The van der Waals surface area contributed by atoms with Gasteiger partial charge in [-0.25, -0.2) is 0 Å². The second-order valence-electron chi connectivity index (χ2n) is 7.34. The molecule has 0 heterocycles. The van der Waals surface area contributed by atoms with Crippen molar-refractivity contribution in [2.45, 2.75) is 77.6 Å². The van der Waals surface area contributed by atoms with E-state index in [1.54, 1.807) is 0 Å². The maximum Gasteiger partial charge on any atom is 0.193 e. The van der Waals surface area contributed by atoms with E-state index < -0.39 is 8.32 Å². The first-order chi connectivity index (χ1) is 10.4. The van der Waals surface area contributed by atoms with Gasteiger partial charge >= 0.3 is 0 Å². The number of ketones is 2. The zero-order valence-corrected chi connectivity index (χ0v) is 15.3. The predicted octanol–water partition coefficient (Wildman–Crippen LogP) is 4.04. The lowest BCUT2D eigenvalue weighted by Gasteiger charge is -2.40. The Morgan fingerprint density at radius 1 is 1.14 bits per heavy atom. The number of hydrogen-bond acceptors (Lipinski definition) is 3. The molecule has 0 aromatic heterocycles. The molecule has 2 fully saturated rings. The largest absolute Gasteiger partial charge is 0.406 e. The maximum atomic E-state index is 13.1. The summed E-state index contributed by atoms with van der Waals surface area (Å²) in [7, 11) is -1.84. The van der Waals surface area contributed by atoms with Crippen molar-refractivity contribution in [3.8, 4) is 0 Å². The third kappa shape index (κ3) is 2.10. The van der Waals surface area contributed by atoms with Crippen LogP contribution in [0.2, 0.25) is 18.1 Å². The SMILES string of the molecule is CC[Si](CC)(CC)O[C@@H]1C(=O)C2(CC2)C(C)=C2C(=O)CC[C@@H]21. The van der Waals surface area contributed by atoms with Gasteiger partial charge in [0.1, 0.15) is 6.10 Å². The number of allylic oxidation sites excluding steroid dienone is 1. The van der Waals surface area contributed by atoms with Crippen LogP contribution in [0.15, 0.2) is 11.1 Å². The van der Waals surface area contributed by atoms with Crippen LogP contribution in [0, 0.1) is 11.3 Å². The minimum Gasteiger partial charge on any atom is -0.406 e. The highest BCUT2D eigenvalue weighted by Gasteiger charge is 2.61. The molecule has 22 heavy (non-hydrogen) atoms. The van der Waals surface area contributed by atoms with Gasteiger partial charge in [0.2, 0.25) is 0 Å². The minimum atomic E-state index is -1.84. The molecule has 0 aliphatic heterocycles. The predicted molar refractivity (Wildman–Crippen MR) is 89.2 cm³/mol. The first kappa shape index (κ1) is 16.1. The van der Waals surface area contributed by atoms with Gasteiger partial charge in [-0.2, -0.15) is 0 Å². The molecule has 0 saturated heterocycles. The van der Waals surface area contributed by atoms with E-state index >= 15 is 0 Å². The summed E-state index contributed by atoms with van der Waals surface area (Å²) >= 11 is 0.